The first-order chi connectivity index (χ1) is 16.1. The molecule has 0 radical (unpaired) electrons. The predicted octanol–water partition coefficient (Wildman–Crippen LogP) is 5.58. The van der Waals surface area contributed by atoms with Gasteiger partial charge in [-0.25, -0.2) is 10.9 Å². The van der Waals surface area contributed by atoms with Crippen molar-refractivity contribution in [2.75, 3.05) is 0 Å². The standard InChI is InChI=1S/C27H36N4O2/c1-3-5-18-24(22-14-9-7-10-15-22)28-30-26(32)20-13-21-27(33)31-29-25(19-6-4-2)23-16-11-8-12-17-23/h7-12,14-17H,3-6,13,18-21H2,1-2H3,(H,30,32)(H,31,33)/b28-24+,29-25+. The van der Waals surface area contributed by atoms with E-state index in [0.717, 1.165) is 61.1 Å². The van der Waals surface area contributed by atoms with Crippen LogP contribution in [-0.4, -0.2) is 23.2 Å². The summed E-state index contributed by atoms with van der Waals surface area (Å²) in [5.74, 6) is -0.381. The zero-order valence-electron chi connectivity index (χ0n) is 19.8. The van der Waals surface area contributed by atoms with E-state index in [1.807, 2.05) is 60.7 Å². The van der Waals surface area contributed by atoms with Crippen molar-refractivity contribution in [2.24, 2.45) is 10.2 Å². The van der Waals surface area contributed by atoms with Crippen LogP contribution in [0, 0.1) is 0 Å². The van der Waals surface area contributed by atoms with Crippen LogP contribution in [0.1, 0.15) is 82.8 Å². The van der Waals surface area contributed by atoms with Gasteiger partial charge in [0.15, 0.2) is 0 Å². The maximum absolute atomic E-state index is 12.2. The van der Waals surface area contributed by atoms with Gasteiger partial charge < -0.3 is 0 Å². The third kappa shape index (κ3) is 10.3. The normalized spacial score (nSPS) is 11.8. The number of amides is 2. The van der Waals surface area contributed by atoms with Crippen LogP contribution in [0.15, 0.2) is 70.9 Å². The van der Waals surface area contributed by atoms with E-state index in [4.69, 9.17) is 0 Å². The Morgan fingerprint density at radius 2 is 1.00 bits per heavy atom. The number of carbonyl (C=O) groups excluding carboxylic acids is 2. The molecule has 2 rings (SSSR count). The molecule has 0 spiro atoms. The van der Waals surface area contributed by atoms with Gasteiger partial charge in [0.25, 0.3) is 0 Å². The Kier molecular flexibility index (Phi) is 12.2. The molecule has 6 heteroatoms. The van der Waals surface area contributed by atoms with Gasteiger partial charge in [-0.3, -0.25) is 9.59 Å². The summed E-state index contributed by atoms with van der Waals surface area (Å²) in [6.07, 6.45) is 6.65. The minimum absolute atomic E-state index is 0.191. The minimum Gasteiger partial charge on any atom is -0.273 e. The van der Waals surface area contributed by atoms with E-state index in [1.165, 1.54) is 0 Å². The topological polar surface area (TPSA) is 82.9 Å². The molecular formula is C27H36N4O2. The zero-order valence-corrected chi connectivity index (χ0v) is 19.8. The van der Waals surface area contributed by atoms with Crippen molar-refractivity contribution in [1.29, 1.82) is 0 Å². The lowest BCUT2D eigenvalue weighted by atomic mass is 10.1. The molecule has 2 aromatic carbocycles. The van der Waals surface area contributed by atoms with Crippen molar-refractivity contribution in [3.05, 3.63) is 71.8 Å². The summed E-state index contributed by atoms with van der Waals surface area (Å²) in [6, 6.07) is 19.8. The largest absolute Gasteiger partial charge is 0.273 e. The van der Waals surface area contributed by atoms with Gasteiger partial charge in [0.05, 0.1) is 11.4 Å². The number of benzene rings is 2. The molecular weight excluding hydrogens is 412 g/mol. The van der Waals surface area contributed by atoms with Crippen LogP contribution in [0.4, 0.5) is 0 Å². The highest BCUT2D eigenvalue weighted by Gasteiger charge is 2.08. The van der Waals surface area contributed by atoms with E-state index in [1.54, 1.807) is 0 Å². The molecule has 0 aromatic heterocycles. The lowest BCUT2D eigenvalue weighted by Gasteiger charge is -2.08. The van der Waals surface area contributed by atoms with Crippen molar-refractivity contribution in [1.82, 2.24) is 10.9 Å². The molecule has 6 nitrogen and oxygen atoms in total. The molecule has 0 aliphatic heterocycles. The van der Waals surface area contributed by atoms with Gasteiger partial charge in [-0.2, -0.15) is 10.2 Å². The molecule has 0 aliphatic rings. The maximum atomic E-state index is 12.2. The lowest BCUT2D eigenvalue weighted by Crippen LogP contribution is -2.22. The van der Waals surface area contributed by atoms with Crippen molar-refractivity contribution < 1.29 is 9.59 Å². The Bertz CT molecular complexity index is 833. The molecule has 0 unspecified atom stereocenters. The molecule has 0 aliphatic carbocycles. The van der Waals surface area contributed by atoms with Gasteiger partial charge in [0.2, 0.25) is 11.8 Å². The molecule has 2 amide bonds. The first-order valence-corrected chi connectivity index (χ1v) is 12.0. The molecule has 0 atom stereocenters. The number of unbranched alkanes of at least 4 members (excludes halogenated alkanes) is 2. The average molecular weight is 449 g/mol. The van der Waals surface area contributed by atoms with Crippen molar-refractivity contribution in [2.45, 2.75) is 71.6 Å². The summed E-state index contributed by atoms with van der Waals surface area (Å²) in [6.45, 7) is 4.26. The zero-order chi connectivity index (χ0) is 23.7. The molecule has 0 saturated carbocycles. The second-order valence-electron chi connectivity index (χ2n) is 7.98. The summed E-state index contributed by atoms with van der Waals surface area (Å²) >= 11 is 0. The molecule has 176 valence electrons. The molecule has 0 saturated heterocycles. The van der Waals surface area contributed by atoms with Crippen LogP contribution in [0.2, 0.25) is 0 Å². The Morgan fingerprint density at radius 1 is 0.606 bits per heavy atom. The van der Waals surface area contributed by atoms with E-state index in [0.29, 0.717) is 6.42 Å². The Hall–Kier alpha value is -3.28. The Balaban J connectivity index is 1.82. The second kappa shape index (κ2) is 15.5. The van der Waals surface area contributed by atoms with Crippen LogP contribution in [0.25, 0.3) is 0 Å². The first kappa shape index (κ1) is 26.0. The van der Waals surface area contributed by atoms with Crippen LogP contribution in [0.5, 0.6) is 0 Å². The van der Waals surface area contributed by atoms with Crippen molar-refractivity contribution in [3.63, 3.8) is 0 Å². The van der Waals surface area contributed by atoms with E-state index in [-0.39, 0.29) is 24.7 Å². The van der Waals surface area contributed by atoms with Crippen molar-refractivity contribution in [3.8, 4) is 0 Å². The predicted molar refractivity (Wildman–Crippen MR) is 135 cm³/mol. The summed E-state index contributed by atoms with van der Waals surface area (Å²) in [7, 11) is 0. The molecule has 33 heavy (non-hydrogen) atoms. The number of nitrogens with one attached hydrogen (secondary N) is 2. The monoisotopic (exact) mass is 448 g/mol. The minimum atomic E-state index is -0.191. The van der Waals surface area contributed by atoms with Gasteiger partial charge in [-0.15, -0.1) is 0 Å². The number of rotatable bonds is 14. The van der Waals surface area contributed by atoms with E-state index in [9.17, 15) is 9.59 Å². The summed E-state index contributed by atoms with van der Waals surface area (Å²) in [5.41, 5.74) is 9.07. The van der Waals surface area contributed by atoms with Crippen LogP contribution >= 0.6 is 0 Å². The highest BCUT2D eigenvalue weighted by molar-refractivity contribution is 6.01. The van der Waals surface area contributed by atoms with Gasteiger partial charge in [0.1, 0.15) is 0 Å². The van der Waals surface area contributed by atoms with Gasteiger partial charge in [0, 0.05) is 12.8 Å². The highest BCUT2D eigenvalue weighted by atomic mass is 16.2. The van der Waals surface area contributed by atoms with Gasteiger partial charge in [-0.1, -0.05) is 87.4 Å². The van der Waals surface area contributed by atoms with E-state index in [2.05, 4.69) is 34.9 Å². The highest BCUT2D eigenvalue weighted by Crippen LogP contribution is 2.09. The van der Waals surface area contributed by atoms with Crippen molar-refractivity contribution >= 4 is 23.2 Å². The Morgan fingerprint density at radius 3 is 1.36 bits per heavy atom. The van der Waals surface area contributed by atoms with Crippen LogP contribution < -0.4 is 10.9 Å². The third-order valence-electron chi connectivity index (χ3n) is 5.19. The van der Waals surface area contributed by atoms with Gasteiger partial charge >= 0.3 is 0 Å². The molecule has 0 bridgehead atoms. The Labute approximate surface area is 197 Å². The first-order valence-electron chi connectivity index (χ1n) is 12.0. The van der Waals surface area contributed by atoms with E-state index < -0.39 is 0 Å². The quantitative estimate of drug-likeness (QED) is 0.292. The number of hydrazone groups is 2. The number of hydrogen-bond donors (Lipinski definition) is 2. The maximum Gasteiger partial charge on any atom is 0.240 e. The number of carbonyl (C=O) groups is 2. The van der Waals surface area contributed by atoms with Crippen LogP contribution in [0.3, 0.4) is 0 Å². The molecule has 2 N–H and O–H groups in total. The summed E-state index contributed by atoms with van der Waals surface area (Å²) in [5, 5.41) is 8.69. The number of hydrogen-bond acceptors (Lipinski definition) is 4. The third-order valence-corrected chi connectivity index (χ3v) is 5.19. The SMILES string of the molecule is CCCC/C(=N\NC(=O)CCCC(=O)N/N=C(\CCCC)c1ccccc1)c1ccccc1. The van der Waals surface area contributed by atoms with Gasteiger partial charge in [-0.05, 0) is 43.2 Å². The fraction of sp³-hybridized carbons (Fsp3) is 0.407. The lowest BCUT2D eigenvalue weighted by molar-refractivity contribution is -0.122. The average Bonchev–Trinajstić information content (AvgIpc) is 2.85. The fourth-order valence-electron chi connectivity index (χ4n) is 3.26. The molecule has 2 aromatic rings. The molecule has 0 heterocycles. The summed E-state index contributed by atoms with van der Waals surface area (Å²) < 4.78 is 0. The smallest absolute Gasteiger partial charge is 0.240 e. The second-order valence-corrected chi connectivity index (χ2v) is 7.98. The fourth-order valence-corrected chi connectivity index (χ4v) is 3.26. The number of nitrogens with zero attached hydrogens (tertiary/aromatic N) is 2. The van der Waals surface area contributed by atoms with Crippen LogP contribution in [-0.2, 0) is 9.59 Å². The molecule has 0 fully saturated rings. The summed E-state index contributed by atoms with van der Waals surface area (Å²) in [4.78, 5) is 24.5. The van der Waals surface area contributed by atoms with E-state index >= 15 is 0 Å².